The maximum atomic E-state index is 14.1. The quantitative estimate of drug-likeness (QED) is 0.681. The fourth-order valence-electron chi connectivity index (χ4n) is 3.47. The molecule has 2 heterocycles. The number of para-hydroxylation sites is 1. The van der Waals surface area contributed by atoms with Crippen molar-refractivity contribution in [2.75, 3.05) is 18.8 Å². The van der Waals surface area contributed by atoms with Crippen molar-refractivity contribution in [1.82, 2.24) is 14.5 Å². The number of carbonyl (C=O) groups is 1. The molecule has 0 radical (unpaired) electrons. The van der Waals surface area contributed by atoms with Crippen molar-refractivity contribution in [2.45, 2.75) is 18.2 Å². The molecule has 3 aromatic rings. The summed E-state index contributed by atoms with van der Waals surface area (Å²) in [7, 11) is 0. The van der Waals surface area contributed by atoms with Crippen molar-refractivity contribution in [2.24, 2.45) is 0 Å². The largest absolute Gasteiger partial charge is 0.340 e. The Morgan fingerprint density at radius 2 is 1.93 bits per heavy atom. The van der Waals surface area contributed by atoms with E-state index < -0.39 is 0 Å². The van der Waals surface area contributed by atoms with Crippen LogP contribution in [0.4, 0.5) is 4.39 Å². The number of benzene rings is 2. The van der Waals surface area contributed by atoms with Crippen LogP contribution >= 0.6 is 11.8 Å². The summed E-state index contributed by atoms with van der Waals surface area (Å²) in [5, 5.41) is 0.535. The van der Waals surface area contributed by atoms with Crippen LogP contribution in [0.2, 0.25) is 0 Å². The Hall–Kier alpha value is -2.67. The zero-order valence-corrected chi connectivity index (χ0v) is 16.1. The minimum absolute atomic E-state index is 0.0315. The molecular weight excluding hydrogens is 377 g/mol. The first-order valence-corrected chi connectivity index (χ1v) is 10.3. The highest BCUT2D eigenvalue weighted by molar-refractivity contribution is 7.99. The van der Waals surface area contributed by atoms with Gasteiger partial charge in [0, 0.05) is 29.7 Å². The number of nitrogens with zero attached hydrogens (tertiary/aromatic N) is 3. The van der Waals surface area contributed by atoms with Gasteiger partial charge in [-0.2, -0.15) is 11.8 Å². The van der Waals surface area contributed by atoms with Crippen molar-refractivity contribution in [3.8, 4) is 0 Å². The first kappa shape index (κ1) is 18.7. The molecule has 28 heavy (non-hydrogen) atoms. The van der Waals surface area contributed by atoms with Crippen LogP contribution < -0.4 is 5.56 Å². The van der Waals surface area contributed by atoms with Crippen molar-refractivity contribution in [3.63, 3.8) is 0 Å². The van der Waals surface area contributed by atoms with E-state index in [4.69, 9.17) is 0 Å². The average molecular weight is 397 g/mol. The molecule has 0 unspecified atom stereocenters. The molecule has 0 saturated carbocycles. The van der Waals surface area contributed by atoms with Crippen molar-refractivity contribution >= 4 is 28.6 Å². The van der Waals surface area contributed by atoms with Gasteiger partial charge >= 0.3 is 0 Å². The number of carbonyl (C=O) groups excluding carboxylic acids is 1. The Bertz CT molecular complexity index is 1070. The number of aromatic nitrogens is 2. The molecule has 2 aromatic carbocycles. The number of hydrogen-bond acceptors (Lipinski definition) is 4. The zero-order valence-electron chi connectivity index (χ0n) is 15.3. The summed E-state index contributed by atoms with van der Waals surface area (Å²) in [4.78, 5) is 31.4. The lowest BCUT2D eigenvalue weighted by Gasteiger charge is -2.21. The third-order valence-electron chi connectivity index (χ3n) is 4.98. The van der Waals surface area contributed by atoms with E-state index in [2.05, 4.69) is 4.98 Å². The monoisotopic (exact) mass is 397 g/mol. The second-order valence-corrected chi connectivity index (χ2v) is 8.06. The minimum Gasteiger partial charge on any atom is -0.340 e. The lowest BCUT2D eigenvalue weighted by atomic mass is 10.1. The number of amides is 1. The molecule has 0 aliphatic carbocycles. The second kappa shape index (κ2) is 8.14. The molecule has 1 saturated heterocycles. The third kappa shape index (κ3) is 3.80. The lowest BCUT2D eigenvalue weighted by Crippen LogP contribution is -2.37. The van der Waals surface area contributed by atoms with Gasteiger partial charge < -0.3 is 4.90 Å². The first-order chi connectivity index (χ1) is 13.6. The predicted octanol–water partition coefficient (Wildman–Crippen LogP) is 3.24. The van der Waals surface area contributed by atoms with Crippen LogP contribution in [0.15, 0.2) is 59.7 Å². The van der Waals surface area contributed by atoms with Gasteiger partial charge in [0.25, 0.3) is 5.56 Å². The van der Waals surface area contributed by atoms with Gasteiger partial charge in [0.2, 0.25) is 5.91 Å². The Balaban J connectivity index is 1.47. The molecule has 4 rings (SSSR count). The molecule has 1 aliphatic rings. The normalized spacial score (nSPS) is 17.5. The highest BCUT2D eigenvalue weighted by atomic mass is 32.2. The maximum absolute atomic E-state index is 14.1. The molecular formula is C21H20FN3O2S. The molecule has 0 N–H and O–H groups in total. The molecule has 1 aliphatic heterocycles. The van der Waals surface area contributed by atoms with Crippen molar-refractivity contribution in [3.05, 3.63) is 76.6 Å². The van der Waals surface area contributed by atoms with Crippen LogP contribution in [0, 0.1) is 5.82 Å². The van der Waals surface area contributed by atoms with Crippen molar-refractivity contribution < 1.29 is 9.18 Å². The van der Waals surface area contributed by atoms with E-state index in [9.17, 15) is 14.0 Å². The van der Waals surface area contributed by atoms with Gasteiger partial charge in [0.05, 0.1) is 17.2 Å². The molecule has 0 bridgehead atoms. The zero-order chi connectivity index (χ0) is 19.5. The molecule has 1 fully saturated rings. The Morgan fingerprint density at radius 1 is 1.14 bits per heavy atom. The Morgan fingerprint density at radius 3 is 2.79 bits per heavy atom. The Kier molecular flexibility index (Phi) is 5.43. The minimum atomic E-state index is -0.215. The Labute approximate surface area is 166 Å². The SMILES string of the molecule is O=C(Cn1cnc2ccccc2c1=O)N1CCS[C@@H](c2ccccc2F)CC1. The van der Waals surface area contributed by atoms with Crippen LogP contribution in [0.25, 0.3) is 10.9 Å². The standard InChI is InChI=1S/C21H20FN3O2S/c22-17-7-3-1-5-15(17)19-9-10-24(11-12-28-19)20(26)13-25-14-23-18-8-4-2-6-16(18)21(25)27/h1-8,14,19H,9-13H2/t19-/m1/s1. The highest BCUT2D eigenvalue weighted by Gasteiger charge is 2.24. The third-order valence-corrected chi connectivity index (χ3v) is 6.29. The average Bonchev–Trinajstić information content (AvgIpc) is 2.97. The summed E-state index contributed by atoms with van der Waals surface area (Å²) in [6, 6.07) is 13.9. The van der Waals surface area contributed by atoms with Crippen LogP contribution in [0.3, 0.4) is 0 Å². The fourth-order valence-corrected chi connectivity index (χ4v) is 4.72. The summed E-state index contributed by atoms with van der Waals surface area (Å²) >= 11 is 1.67. The van der Waals surface area contributed by atoms with E-state index in [1.54, 1.807) is 40.9 Å². The highest BCUT2D eigenvalue weighted by Crippen LogP contribution is 2.35. The molecule has 1 aromatic heterocycles. The molecule has 1 amide bonds. The summed E-state index contributed by atoms with van der Waals surface area (Å²) < 4.78 is 15.4. The number of thioether (sulfide) groups is 1. The van der Waals surface area contributed by atoms with E-state index in [1.165, 1.54) is 17.0 Å². The van der Waals surface area contributed by atoms with Gasteiger partial charge in [0.1, 0.15) is 12.4 Å². The van der Waals surface area contributed by atoms with E-state index in [-0.39, 0.29) is 29.1 Å². The van der Waals surface area contributed by atoms with Gasteiger partial charge in [-0.05, 0) is 24.6 Å². The lowest BCUT2D eigenvalue weighted by molar-refractivity contribution is -0.131. The van der Waals surface area contributed by atoms with Gasteiger partial charge in [-0.1, -0.05) is 30.3 Å². The summed E-state index contributed by atoms with van der Waals surface area (Å²) in [6.07, 6.45) is 2.11. The molecule has 0 spiro atoms. The predicted molar refractivity (Wildman–Crippen MR) is 109 cm³/mol. The van der Waals surface area contributed by atoms with Gasteiger partial charge in [-0.3, -0.25) is 14.2 Å². The van der Waals surface area contributed by atoms with Crippen molar-refractivity contribution in [1.29, 1.82) is 0 Å². The maximum Gasteiger partial charge on any atom is 0.261 e. The fraction of sp³-hybridized carbons (Fsp3) is 0.286. The smallest absolute Gasteiger partial charge is 0.261 e. The number of hydrogen-bond donors (Lipinski definition) is 0. The van der Waals surface area contributed by atoms with E-state index in [1.807, 2.05) is 18.2 Å². The van der Waals surface area contributed by atoms with Crippen LogP contribution in [0.5, 0.6) is 0 Å². The van der Waals surface area contributed by atoms with E-state index in [0.29, 0.717) is 36.0 Å². The van der Waals surface area contributed by atoms with Gasteiger partial charge in [0.15, 0.2) is 0 Å². The molecule has 7 heteroatoms. The summed E-state index contributed by atoms with van der Waals surface area (Å²) in [5.74, 6) is 0.415. The van der Waals surface area contributed by atoms with E-state index in [0.717, 1.165) is 5.75 Å². The first-order valence-electron chi connectivity index (χ1n) is 9.21. The van der Waals surface area contributed by atoms with Crippen LogP contribution in [-0.4, -0.2) is 39.2 Å². The summed E-state index contributed by atoms with van der Waals surface area (Å²) in [6.45, 7) is 1.09. The number of rotatable bonds is 3. The van der Waals surface area contributed by atoms with Crippen LogP contribution in [-0.2, 0) is 11.3 Å². The molecule has 5 nitrogen and oxygen atoms in total. The van der Waals surface area contributed by atoms with Gasteiger partial charge in [-0.25, -0.2) is 9.37 Å². The molecule has 1 atom stereocenters. The topological polar surface area (TPSA) is 55.2 Å². The number of fused-ring (bicyclic) bond motifs is 1. The van der Waals surface area contributed by atoms with Gasteiger partial charge in [-0.15, -0.1) is 0 Å². The second-order valence-electron chi connectivity index (χ2n) is 6.75. The molecule has 144 valence electrons. The number of halogens is 1. The van der Waals surface area contributed by atoms with Crippen LogP contribution in [0.1, 0.15) is 17.2 Å². The van der Waals surface area contributed by atoms with E-state index >= 15 is 0 Å². The summed E-state index contributed by atoms with van der Waals surface area (Å²) in [5.41, 5.74) is 1.10.